The van der Waals surface area contributed by atoms with Crippen LogP contribution in [-0.2, 0) is 32.1 Å². The SMILES string of the molecule is CC(C)C1Cc2ccccc2CCN1C(C)C.CC(C)C1Cc2ccccc2N1C(C)C.CC(C)c1c2ccccc2nn1C(C)C.CC(C)c1cc2c(nc1C(C)C)CCC2.CC(C)c1cccnc1C(C)C.CC(C)c1nc2ccccc2n1C(C)C. The number of rotatable bonds is 12. The minimum absolute atomic E-state index is 0.426. The molecule has 8 nitrogen and oxygen atoms in total. The second-order valence-corrected chi connectivity index (χ2v) is 29.2. The lowest BCUT2D eigenvalue weighted by Gasteiger charge is -2.36. The van der Waals surface area contributed by atoms with Gasteiger partial charge < -0.3 is 9.47 Å². The molecular weight excluding hydrogens is 1080 g/mol. The van der Waals surface area contributed by atoms with Gasteiger partial charge in [0.05, 0.1) is 16.6 Å². The van der Waals surface area contributed by atoms with Gasteiger partial charge in [-0.25, -0.2) is 4.98 Å². The first kappa shape index (κ1) is 71.9. The van der Waals surface area contributed by atoms with Crippen molar-refractivity contribution in [3.8, 4) is 0 Å². The minimum Gasteiger partial charge on any atom is -0.365 e. The van der Waals surface area contributed by atoms with Crippen molar-refractivity contribution in [1.29, 1.82) is 0 Å². The van der Waals surface area contributed by atoms with E-state index in [1.807, 2.05) is 24.4 Å². The molecule has 4 aromatic heterocycles. The number of pyridine rings is 2. The van der Waals surface area contributed by atoms with Crippen LogP contribution in [0.15, 0.2) is 121 Å². The van der Waals surface area contributed by atoms with Gasteiger partial charge in [0.1, 0.15) is 5.82 Å². The van der Waals surface area contributed by atoms with E-state index in [0.29, 0.717) is 71.8 Å². The van der Waals surface area contributed by atoms with E-state index in [9.17, 15) is 0 Å². The molecule has 484 valence electrons. The van der Waals surface area contributed by atoms with E-state index in [4.69, 9.17) is 9.97 Å². The van der Waals surface area contributed by atoms with E-state index in [-0.39, 0.29) is 0 Å². The van der Waals surface area contributed by atoms with Crippen LogP contribution in [0.4, 0.5) is 5.69 Å². The average molecular weight is 1210 g/mol. The van der Waals surface area contributed by atoms with E-state index < -0.39 is 0 Å². The summed E-state index contributed by atoms with van der Waals surface area (Å²) in [5.74, 6) is 5.88. The standard InChI is InChI=1S/C16H25N.2C14H21N.2C13H18N2.C11H17N/c1-12(2)16-11-15-8-6-5-7-14(15)9-10-17(16)13(3)4;1-9(2)12-8-11-6-5-7-13(11)15-14(12)10(3)4;1-10(2)14-9-12-7-5-6-8-13(12)15(14)11(3)4;1-9(2)13-14-11-7-5-6-8-12(11)15(13)10(3)4;1-9(2)13-11-7-5-6-8-12(11)14-15(13)10(3)4;1-8(2)10-6-5-7-12-11(10)9(3)4/h5-8,12-13,16H,9-11H2,1-4H3;8-10H,5-7H2,1-4H3;5-8,10-11,14H,9H2,1-4H3;2*5-10H,1-4H3;5-9H,1-4H3. The van der Waals surface area contributed by atoms with Crippen molar-refractivity contribution in [3.63, 3.8) is 0 Å². The Labute approximate surface area is 542 Å². The maximum Gasteiger partial charge on any atom is 0.112 e. The second-order valence-electron chi connectivity index (χ2n) is 29.2. The van der Waals surface area contributed by atoms with Crippen molar-refractivity contribution < 1.29 is 0 Å². The third-order valence-electron chi connectivity index (χ3n) is 18.1. The molecule has 8 heteroatoms. The average Bonchev–Trinajstić information content (AvgIpc) is 1.89. The summed E-state index contributed by atoms with van der Waals surface area (Å²) in [6.45, 7) is 55.2. The van der Waals surface area contributed by atoms with Crippen LogP contribution in [0, 0.1) is 11.8 Å². The maximum absolute atomic E-state index is 4.87. The fourth-order valence-corrected chi connectivity index (χ4v) is 13.6. The Bertz CT molecular complexity index is 3260. The molecule has 0 saturated heterocycles. The summed E-state index contributed by atoms with van der Waals surface area (Å²) in [4.78, 5) is 19.2. The fourth-order valence-electron chi connectivity index (χ4n) is 13.6. The largest absolute Gasteiger partial charge is 0.365 e. The van der Waals surface area contributed by atoms with Crippen molar-refractivity contribution >= 4 is 27.6 Å². The van der Waals surface area contributed by atoms with Crippen LogP contribution in [0.25, 0.3) is 21.9 Å². The molecule has 0 fully saturated rings. The van der Waals surface area contributed by atoms with E-state index >= 15 is 0 Å². The molecular formula is C81H120N8. The van der Waals surface area contributed by atoms with Gasteiger partial charge in [-0.3, -0.25) is 19.5 Å². The summed E-state index contributed by atoms with van der Waals surface area (Å²) in [7, 11) is 0. The van der Waals surface area contributed by atoms with E-state index in [1.165, 1.54) is 113 Å². The van der Waals surface area contributed by atoms with Crippen LogP contribution in [-0.4, -0.2) is 64.9 Å². The van der Waals surface area contributed by atoms with E-state index in [1.54, 1.807) is 11.1 Å². The summed E-state index contributed by atoms with van der Waals surface area (Å²) in [5.41, 5.74) is 19.2. The van der Waals surface area contributed by atoms with Gasteiger partial charge in [-0.2, -0.15) is 5.10 Å². The Morgan fingerprint density at radius 1 is 0.427 bits per heavy atom. The van der Waals surface area contributed by atoms with E-state index in [2.05, 4.69) is 292 Å². The number of aromatic nitrogens is 6. The first-order chi connectivity index (χ1) is 42.1. The fraction of sp³-hybridized carbons (Fsp3) is 0.556. The maximum atomic E-state index is 4.87. The topological polar surface area (TPSA) is 67.9 Å². The normalized spacial score (nSPS) is 15.6. The Hall–Kier alpha value is -6.12. The zero-order valence-corrected chi connectivity index (χ0v) is 60.2. The molecule has 3 aliphatic rings. The first-order valence-electron chi connectivity index (χ1n) is 34.7. The molecule has 8 aromatic rings. The number of para-hydroxylation sites is 3. The number of benzene rings is 4. The van der Waals surface area contributed by atoms with Crippen LogP contribution >= 0.6 is 0 Å². The van der Waals surface area contributed by atoms with Crippen LogP contribution < -0.4 is 4.90 Å². The highest BCUT2D eigenvalue weighted by molar-refractivity contribution is 5.82. The molecule has 6 heterocycles. The number of aryl methyl sites for hydroxylation is 2. The monoisotopic (exact) mass is 1200 g/mol. The van der Waals surface area contributed by atoms with Gasteiger partial charge in [-0.05, 0) is 199 Å². The number of nitrogens with zero attached hydrogens (tertiary/aromatic N) is 8. The number of imidazole rings is 1. The number of hydrogen-bond acceptors (Lipinski definition) is 6. The van der Waals surface area contributed by atoms with Gasteiger partial charge in [0.2, 0.25) is 0 Å². The molecule has 89 heavy (non-hydrogen) atoms. The molecule has 2 atom stereocenters. The lowest BCUT2D eigenvalue weighted by atomic mass is 9.93. The first-order valence-corrected chi connectivity index (χ1v) is 34.7. The van der Waals surface area contributed by atoms with Crippen molar-refractivity contribution in [3.05, 3.63) is 183 Å². The molecule has 0 spiro atoms. The minimum atomic E-state index is 0.426. The zero-order chi connectivity index (χ0) is 65.6. The van der Waals surface area contributed by atoms with Gasteiger partial charge >= 0.3 is 0 Å². The summed E-state index contributed by atoms with van der Waals surface area (Å²) < 4.78 is 4.48. The van der Waals surface area contributed by atoms with Gasteiger partial charge in [-0.15, -0.1) is 0 Å². The third kappa shape index (κ3) is 18.5. The Balaban J connectivity index is 0.000000171. The Kier molecular flexibility index (Phi) is 26.9. The molecule has 1 aliphatic carbocycles. The molecule has 2 aliphatic heterocycles. The summed E-state index contributed by atoms with van der Waals surface area (Å²) in [6.07, 6.45) is 9.23. The molecule has 0 radical (unpaired) electrons. The van der Waals surface area contributed by atoms with Gasteiger partial charge in [0.15, 0.2) is 0 Å². The zero-order valence-electron chi connectivity index (χ0n) is 60.2. The lowest BCUT2D eigenvalue weighted by molar-refractivity contribution is 0.123. The smallest absolute Gasteiger partial charge is 0.112 e. The van der Waals surface area contributed by atoms with Crippen LogP contribution in [0.5, 0.6) is 0 Å². The van der Waals surface area contributed by atoms with Gasteiger partial charge in [0.25, 0.3) is 0 Å². The predicted molar refractivity (Wildman–Crippen MR) is 386 cm³/mol. The summed E-state index contributed by atoms with van der Waals surface area (Å²) in [5, 5.41) is 5.94. The summed E-state index contributed by atoms with van der Waals surface area (Å²) >= 11 is 0. The van der Waals surface area contributed by atoms with Crippen molar-refractivity contribution in [2.75, 3.05) is 11.4 Å². The number of fused-ring (bicyclic) bond motifs is 5. The van der Waals surface area contributed by atoms with Gasteiger partial charge in [0, 0.05) is 88.8 Å². The molecule has 11 rings (SSSR count). The third-order valence-corrected chi connectivity index (χ3v) is 18.1. The molecule has 2 unspecified atom stereocenters. The molecule has 4 aromatic carbocycles. The highest BCUT2D eigenvalue weighted by atomic mass is 15.3. The second kappa shape index (κ2) is 33.3. The van der Waals surface area contributed by atoms with Crippen LogP contribution in [0.1, 0.15) is 282 Å². The molecule has 0 N–H and O–H groups in total. The number of anilines is 1. The molecule has 0 saturated carbocycles. The van der Waals surface area contributed by atoms with Crippen LogP contribution in [0.3, 0.4) is 0 Å². The quantitative estimate of drug-likeness (QED) is 0.121. The van der Waals surface area contributed by atoms with Gasteiger partial charge in [-0.1, -0.05) is 196 Å². The Morgan fingerprint density at radius 3 is 1.55 bits per heavy atom. The number of hydrogen-bond donors (Lipinski definition) is 0. The lowest BCUT2D eigenvalue weighted by Crippen LogP contribution is -2.44. The Morgan fingerprint density at radius 2 is 1.00 bits per heavy atom. The van der Waals surface area contributed by atoms with E-state index in [0.717, 1.165) is 22.9 Å². The molecule has 0 bridgehead atoms. The van der Waals surface area contributed by atoms with Crippen LogP contribution in [0.2, 0.25) is 0 Å². The molecule has 0 amide bonds. The van der Waals surface area contributed by atoms with Crippen molar-refractivity contribution in [2.24, 2.45) is 11.8 Å². The summed E-state index contributed by atoms with van der Waals surface area (Å²) in [6, 6.07) is 44.7. The highest BCUT2D eigenvalue weighted by Gasteiger charge is 2.33. The highest BCUT2D eigenvalue weighted by Crippen LogP contribution is 2.37. The predicted octanol–water partition coefficient (Wildman–Crippen LogP) is 21.6. The van der Waals surface area contributed by atoms with Crippen molar-refractivity contribution in [1.82, 2.24) is 34.2 Å². The van der Waals surface area contributed by atoms with Crippen molar-refractivity contribution in [2.45, 2.75) is 276 Å².